The van der Waals surface area contributed by atoms with Crippen LogP contribution in [0.25, 0.3) is 0 Å². The van der Waals surface area contributed by atoms with Gasteiger partial charge in [-0.1, -0.05) is 15.9 Å². The summed E-state index contributed by atoms with van der Waals surface area (Å²) in [4.78, 5) is 15.4. The number of carbonyl (C=O) groups is 1. The van der Waals surface area contributed by atoms with E-state index in [0.717, 1.165) is 12.1 Å². The molecule has 0 aliphatic carbocycles. The summed E-state index contributed by atoms with van der Waals surface area (Å²) in [5, 5.41) is 8.42. The molecule has 2 N–H and O–H groups in total. The van der Waals surface area contributed by atoms with Crippen LogP contribution in [0.15, 0.2) is 22.9 Å². The predicted octanol–water partition coefficient (Wildman–Crippen LogP) is 1.78. The van der Waals surface area contributed by atoms with Crippen molar-refractivity contribution in [2.75, 3.05) is 0 Å². The molecule has 18 heavy (non-hydrogen) atoms. The normalized spacial score (nSPS) is 10.4. The average Bonchev–Trinajstić information content (AvgIpc) is 2.77. The number of nitrogens with one attached hydrogen (secondary N) is 2. The Kier molecular flexibility index (Phi) is 3.66. The zero-order valence-electron chi connectivity index (χ0n) is 8.88. The molecule has 0 spiro atoms. The van der Waals surface area contributed by atoms with Gasteiger partial charge in [0.1, 0.15) is 29.3 Å². The van der Waals surface area contributed by atoms with E-state index in [1.54, 1.807) is 0 Å². The molecule has 1 amide bonds. The fraction of sp³-hybridized carbons (Fsp3) is 0.100. The lowest BCUT2D eigenvalue weighted by molar-refractivity contribution is 0.0941. The highest BCUT2D eigenvalue weighted by Gasteiger charge is 2.18. The van der Waals surface area contributed by atoms with E-state index in [1.165, 1.54) is 6.33 Å². The molecule has 8 heteroatoms. The molecular formula is C10H7BrF2N4O. The van der Waals surface area contributed by atoms with Crippen molar-refractivity contribution in [2.24, 2.45) is 0 Å². The van der Waals surface area contributed by atoms with Gasteiger partial charge in [-0.05, 0) is 12.1 Å². The van der Waals surface area contributed by atoms with Crippen LogP contribution >= 0.6 is 15.9 Å². The van der Waals surface area contributed by atoms with Gasteiger partial charge in [0.2, 0.25) is 0 Å². The summed E-state index contributed by atoms with van der Waals surface area (Å²) in [5.74, 6) is -2.33. The minimum Gasteiger partial charge on any atom is -0.345 e. The van der Waals surface area contributed by atoms with Crippen molar-refractivity contribution in [3.8, 4) is 0 Å². The smallest absolute Gasteiger partial charge is 0.257 e. The second kappa shape index (κ2) is 5.21. The SMILES string of the molecule is O=C(NCc1ncn[nH]1)c1c(F)cc(Br)cc1F. The zero-order chi connectivity index (χ0) is 13.1. The van der Waals surface area contributed by atoms with Crippen molar-refractivity contribution in [3.05, 3.63) is 46.0 Å². The highest BCUT2D eigenvalue weighted by molar-refractivity contribution is 9.10. The molecule has 1 aromatic carbocycles. The Hall–Kier alpha value is -1.83. The molecule has 94 valence electrons. The van der Waals surface area contributed by atoms with E-state index in [1.807, 2.05) is 0 Å². The Labute approximate surface area is 109 Å². The number of hydrogen-bond acceptors (Lipinski definition) is 3. The molecule has 0 aliphatic heterocycles. The Morgan fingerprint density at radius 2 is 2.06 bits per heavy atom. The molecule has 0 saturated heterocycles. The van der Waals surface area contributed by atoms with Crippen molar-refractivity contribution in [1.29, 1.82) is 0 Å². The summed E-state index contributed by atoms with van der Waals surface area (Å²) in [7, 11) is 0. The van der Waals surface area contributed by atoms with Crippen LogP contribution in [0.4, 0.5) is 8.78 Å². The van der Waals surface area contributed by atoms with Crippen LogP contribution in [0.1, 0.15) is 16.2 Å². The van der Waals surface area contributed by atoms with Gasteiger partial charge in [-0.15, -0.1) is 0 Å². The van der Waals surface area contributed by atoms with Gasteiger partial charge in [0.15, 0.2) is 0 Å². The van der Waals surface area contributed by atoms with Gasteiger partial charge in [-0.25, -0.2) is 13.8 Å². The van der Waals surface area contributed by atoms with Gasteiger partial charge < -0.3 is 5.32 Å². The molecule has 1 aromatic heterocycles. The minimum absolute atomic E-state index is 0.00772. The fourth-order valence-electron chi connectivity index (χ4n) is 1.33. The van der Waals surface area contributed by atoms with Crippen LogP contribution in [0.3, 0.4) is 0 Å². The minimum atomic E-state index is -0.933. The lowest BCUT2D eigenvalue weighted by atomic mass is 10.2. The van der Waals surface area contributed by atoms with Crippen molar-refractivity contribution in [2.45, 2.75) is 6.54 Å². The number of rotatable bonds is 3. The second-order valence-electron chi connectivity index (χ2n) is 3.36. The maximum atomic E-state index is 13.5. The molecule has 0 atom stereocenters. The number of carbonyl (C=O) groups excluding carboxylic acids is 1. The Balaban J connectivity index is 2.14. The standard InChI is InChI=1S/C10H7BrF2N4O/c11-5-1-6(12)9(7(13)2-5)10(18)14-3-8-15-4-16-17-8/h1-2,4H,3H2,(H,14,18)(H,15,16,17). The monoisotopic (exact) mass is 316 g/mol. The first-order valence-corrected chi connectivity index (χ1v) is 5.64. The molecule has 2 aromatic rings. The topological polar surface area (TPSA) is 70.7 Å². The van der Waals surface area contributed by atoms with E-state index in [9.17, 15) is 13.6 Å². The number of amides is 1. The van der Waals surface area contributed by atoms with Crippen molar-refractivity contribution in [1.82, 2.24) is 20.5 Å². The molecule has 0 fully saturated rings. The molecule has 0 saturated carbocycles. The summed E-state index contributed by atoms with van der Waals surface area (Å²) in [6.07, 6.45) is 1.27. The van der Waals surface area contributed by atoms with Gasteiger partial charge in [0.25, 0.3) is 5.91 Å². The maximum absolute atomic E-state index is 13.5. The van der Waals surface area contributed by atoms with Gasteiger partial charge in [-0.3, -0.25) is 9.89 Å². The number of aromatic amines is 1. The predicted molar refractivity (Wildman–Crippen MR) is 61.6 cm³/mol. The molecule has 5 nitrogen and oxygen atoms in total. The van der Waals surface area contributed by atoms with Crippen molar-refractivity contribution in [3.63, 3.8) is 0 Å². The van der Waals surface area contributed by atoms with Crippen molar-refractivity contribution < 1.29 is 13.6 Å². The Morgan fingerprint density at radius 3 is 2.61 bits per heavy atom. The Bertz CT molecular complexity index is 550. The van der Waals surface area contributed by atoms with Crippen LogP contribution in [-0.4, -0.2) is 21.1 Å². The second-order valence-corrected chi connectivity index (χ2v) is 4.27. The van der Waals surface area contributed by atoms with E-state index in [4.69, 9.17) is 0 Å². The van der Waals surface area contributed by atoms with E-state index >= 15 is 0 Å². The number of nitrogens with zero attached hydrogens (tertiary/aromatic N) is 2. The summed E-state index contributed by atoms with van der Waals surface area (Å²) >= 11 is 2.93. The quantitative estimate of drug-likeness (QED) is 0.906. The third-order valence-corrected chi connectivity index (χ3v) is 2.57. The molecule has 0 radical (unpaired) electrons. The Morgan fingerprint density at radius 1 is 1.39 bits per heavy atom. The lowest BCUT2D eigenvalue weighted by Crippen LogP contribution is -2.25. The number of H-pyrrole nitrogens is 1. The van der Waals surface area contributed by atoms with E-state index in [0.29, 0.717) is 5.82 Å². The van der Waals surface area contributed by atoms with Gasteiger partial charge in [-0.2, -0.15) is 5.10 Å². The highest BCUT2D eigenvalue weighted by atomic mass is 79.9. The molecule has 1 heterocycles. The zero-order valence-corrected chi connectivity index (χ0v) is 10.5. The van der Waals surface area contributed by atoms with E-state index < -0.39 is 23.1 Å². The number of aromatic nitrogens is 3. The number of hydrogen-bond donors (Lipinski definition) is 2. The largest absolute Gasteiger partial charge is 0.345 e. The van der Waals surface area contributed by atoms with Crippen LogP contribution < -0.4 is 5.32 Å². The van der Waals surface area contributed by atoms with Crippen LogP contribution in [0.5, 0.6) is 0 Å². The number of halogens is 3. The first kappa shape index (κ1) is 12.6. The third-order valence-electron chi connectivity index (χ3n) is 2.12. The summed E-state index contributed by atoms with van der Waals surface area (Å²) < 4.78 is 27.1. The van der Waals surface area contributed by atoms with Gasteiger partial charge >= 0.3 is 0 Å². The third kappa shape index (κ3) is 2.70. The van der Waals surface area contributed by atoms with E-state index in [2.05, 4.69) is 36.4 Å². The summed E-state index contributed by atoms with van der Waals surface area (Å²) in [5.41, 5.74) is -0.627. The number of benzene rings is 1. The molecular weight excluding hydrogens is 310 g/mol. The van der Waals surface area contributed by atoms with Crippen LogP contribution in [0, 0.1) is 11.6 Å². The van der Waals surface area contributed by atoms with Crippen LogP contribution in [-0.2, 0) is 6.54 Å². The molecule has 0 aliphatic rings. The van der Waals surface area contributed by atoms with Crippen LogP contribution in [0.2, 0.25) is 0 Å². The molecule has 0 unspecified atom stereocenters. The average molecular weight is 317 g/mol. The highest BCUT2D eigenvalue weighted by Crippen LogP contribution is 2.19. The lowest BCUT2D eigenvalue weighted by Gasteiger charge is -2.06. The first-order chi connectivity index (χ1) is 8.58. The molecule has 0 bridgehead atoms. The van der Waals surface area contributed by atoms with Gasteiger partial charge in [0, 0.05) is 4.47 Å². The summed E-state index contributed by atoms with van der Waals surface area (Å²) in [6.45, 7) is 0.00772. The maximum Gasteiger partial charge on any atom is 0.257 e. The van der Waals surface area contributed by atoms with E-state index in [-0.39, 0.29) is 11.0 Å². The van der Waals surface area contributed by atoms with Crippen molar-refractivity contribution >= 4 is 21.8 Å². The fourth-order valence-corrected chi connectivity index (χ4v) is 1.73. The molecule has 2 rings (SSSR count). The summed E-state index contributed by atoms with van der Waals surface area (Å²) in [6, 6.07) is 2.04. The first-order valence-electron chi connectivity index (χ1n) is 4.85. The van der Waals surface area contributed by atoms with Gasteiger partial charge in [0.05, 0.1) is 6.54 Å².